The maximum Gasteiger partial charge on any atom is 0.186 e. The highest BCUT2D eigenvalue weighted by Crippen LogP contribution is 2.26. The second-order valence-electron chi connectivity index (χ2n) is 4.58. The topological polar surface area (TPSA) is 46.9 Å². The number of fused-ring (bicyclic) bond motifs is 1. The molecule has 1 aliphatic rings. The van der Waals surface area contributed by atoms with Gasteiger partial charge < -0.3 is 9.88 Å². The van der Waals surface area contributed by atoms with E-state index < -0.39 is 0 Å². The highest BCUT2D eigenvalue weighted by molar-refractivity contribution is 6.00. The van der Waals surface area contributed by atoms with E-state index in [1.165, 1.54) is 0 Å². The number of Topliss-reactive ketones (excluding diaryl/α,β-unsaturated/α-hetero) is 1. The molecule has 0 aliphatic carbocycles. The summed E-state index contributed by atoms with van der Waals surface area (Å²) in [5.41, 5.74) is 0.553. The summed E-state index contributed by atoms with van der Waals surface area (Å²) in [6, 6.07) is 0. The molecule has 0 bridgehead atoms. The lowest BCUT2D eigenvalue weighted by Gasteiger charge is -2.25. The summed E-state index contributed by atoms with van der Waals surface area (Å²) in [6.07, 6.45) is 2.29. The van der Waals surface area contributed by atoms with Crippen LogP contribution in [-0.2, 0) is 5.54 Å². The van der Waals surface area contributed by atoms with Gasteiger partial charge in [0.2, 0.25) is 0 Å². The molecule has 0 amide bonds. The van der Waals surface area contributed by atoms with Crippen LogP contribution in [0.1, 0.15) is 37.7 Å². The number of aromatic nitrogens is 2. The molecule has 0 radical (unpaired) electrons. The molecule has 76 valence electrons. The van der Waals surface area contributed by atoms with E-state index in [0.29, 0.717) is 18.7 Å². The Labute approximate surface area is 83.3 Å². The number of carbonyl (C=O) groups excluding carboxylic acids is 1. The van der Waals surface area contributed by atoms with Crippen LogP contribution in [-0.4, -0.2) is 21.9 Å². The van der Waals surface area contributed by atoms with Gasteiger partial charge in [0, 0.05) is 18.5 Å². The standard InChI is InChI=1S/C10H15N3O/c1-10(2,3)13-6-12-8-7(14)4-5-11-9(8)13/h6,11H,4-5H2,1-3H3. The zero-order valence-electron chi connectivity index (χ0n) is 8.79. The van der Waals surface area contributed by atoms with Crippen LogP contribution >= 0.6 is 0 Å². The quantitative estimate of drug-likeness (QED) is 0.681. The molecule has 1 aliphatic heterocycles. The van der Waals surface area contributed by atoms with Crippen molar-refractivity contribution < 1.29 is 4.79 Å². The predicted octanol–water partition coefficient (Wildman–Crippen LogP) is 1.64. The Morgan fingerprint density at radius 2 is 2.21 bits per heavy atom. The Hall–Kier alpha value is -1.32. The van der Waals surface area contributed by atoms with Gasteiger partial charge in [-0.15, -0.1) is 0 Å². The van der Waals surface area contributed by atoms with E-state index in [0.717, 1.165) is 5.82 Å². The van der Waals surface area contributed by atoms with Crippen molar-refractivity contribution in [1.82, 2.24) is 9.55 Å². The normalized spacial score (nSPS) is 16.4. The van der Waals surface area contributed by atoms with E-state index in [2.05, 4.69) is 31.1 Å². The van der Waals surface area contributed by atoms with Gasteiger partial charge in [-0.05, 0) is 20.8 Å². The molecule has 14 heavy (non-hydrogen) atoms. The Morgan fingerprint density at radius 3 is 2.86 bits per heavy atom. The average Bonchev–Trinajstić information content (AvgIpc) is 2.47. The summed E-state index contributed by atoms with van der Waals surface area (Å²) >= 11 is 0. The molecule has 1 aromatic rings. The summed E-state index contributed by atoms with van der Waals surface area (Å²) < 4.78 is 2.01. The first-order chi connectivity index (χ1) is 6.50. The lowest BCUT2D eigenvalue weighted by Crippen LogP contribution is -2.26. The minimum atomic E-state index is -0.0365. The summed E-state index contributed by atoms with van der Waals surface area (Å²) in [6.45, 7) is 6.99. The third-order valence-electron chi connectivity index (χ3n) is 2.40. The largest absolute Gasteiger partial charge is 0.369 e. The monoisotopic (exact) mass is 193 g/mol. The van der Waals surface area contributed by atoms with E-state index in [9.17, 15) is 4.79 Å². The molecular formula is C10H15N3O. The van der Waals surface area contributed by atoms with Gasteiger partial charge in [-0.1, -0.05) is 0 Å². The minimum Gasteiger partial charge on any atom is -0.369 e. The summed E-state index contributed by atoms with van der Waals surface area (Å²) in [7, 11) is 0. The van der Waals surface area contributed by atoms with Crippen LogP contribution in [0.5, 0.6) is 0 Å². The molecule has 4 heteroatoms. The van der Waals surface area contributed by atoms with Crippen molar-refractivity contribution in [1.29, 1.82) is 0 Å². The number of carbonyl (C=O) groups is 1. The van der Waals surface area contributed by atoms with Gasteiger partial charge in [0.05, 0.1) is 6.33 Å². The first-order valence-electron chi connectivity index (χ1n) is 4.85. The van der Waals surface area contributed by atoms with Gasteiger partial charge in [-0.25, -0.2) is 4.98 Å². The number of hydrogen-bond donors (Lipinski definition) is 1. The summed E-state index contributed by atoms with van der Waals surface area (Å²) in [5, 5.41) is 3.23. The molecule has 0 fully saturated rings. The number of imidazole rings is 1. The molecule has 0 saturated carbocycles. The third kappa shape index (κ3) is 1.31. The van der Waals surface area contributed by atoms with Gasteiger partial charge in [0.15, 0.2) is 5.78 Å². The molecule has 4 nitrogen and oxygen atoms in total. The van der Waals surface area contributed by atoms with Gasteiger partial charge in [-0.2, -0.15) is 0 Å². The van der Waals surface area contributed by atoms with Crippen LogP contribution in [0.15, 0.2) is 6.33 Å². The summed E-state index contributed by atoms with van der Waals surface area (Å²) in [4.78, 5) is 15.7. The van der Waals surface area contributed by atoms with Crippen LogP contribution in [0, 0.1) is 0 Å². The van der Waals surface area contributed by atoms with Crippen molar-refractivity contribution >= 4 is 11.6 Å². The molecule has 2 heterocycles. The fourth-order valence-electron chi connectivity index (χ4n) is 1.64. The molecule has 2 rings (SSSR count). The first-order valence-corrected chi connectivity index (χ1v) is 4.85. The van der Waals surface area contributed by atoms with Crippen molar-refractivity contribution in [3.05, 3.63) is 12.0 Å². The second kappa shape index (κ2) is 2.83. The number of nitrogens with one attached hydrogen (secondary N) is 1. The highest BCUT2D eigenvalue weighted by Gasteiger charge is 2.26. The lowest BCUT2D eigenvalue weighted by molar-refractivity contribution is 0.0979. The average molecular weight is 193 g/mol. The Balaban J connectivity index is 2.51. The molecule has 0 saturated heterocycles. The molecule has 0 atom stereocenters. The zero-order valence-corrected chi connectivity index (χ0v) is 8.79. The van der Waals surface area contributed by atoms with Crippen molar-refractivity contribution in [2.24, 2.45) is 0 Å². The number of ketones is 1. The van der Waals surface area contributed by atoms with E-state index in [1.54, 1.807) is 6.33 Å². The second-order valence-corrected chi connectivity index (χ2v) is 4.58. The number of rotatable bonds is 0. The van der Waals surface area contributed by atoms with Gasteiger partial charge in [0.1, 0.15) is 11.5 Å². The fraction of sp³-hybridized carbons (Fsp3) is 0.600. The fourth-order valence-corrected chi connectivity index (χ4v) is 1.64. The Bertz CT molecular complexity index is 373. The maximum atomic E-state index is 11.5. The van der Waals surface area contributed by atoms with E-state index in [1.807, 2.05) is 4.57 Å². The van der Waals surface area contributed by atoms with E-state index in [-0.39, 0.29) is 11.3 Å². The van der Waals surface area contributed by atoms with Crippen LogP contribution in [0.3, 0.4) is 0 Å². The first kappa shape index (κ1) is 9.24. The Morgan fingerprint density at radius 1 is 1.50 bits per heavy atom. The van der Waals surface area contributed by atoms with E-state index in [4.69, 9.17) is 0 Å². The van der Waals surface area contributed by atoms with E-state index >= 15 is 0 Å². The molecule has 1 aromatic heterocycles. The SMILES string of the molecule is CC(C)(C)n1cnc2c1NCCC2=O. The van der Waals surface area contributed by atoms with Gasteiger partial charge in [-0.3, -0.25) is 4.79 Å². The molecule has 1 N–H and O–H groups in total. The molecule has 0 spiro atoms. The zero-order chi connectivity index (χ0) is 10.3. The smallest absolute Gasteiger partial charge is 0.186 e. The highest BCUT2D eigenvalue weighted by atomic mass is 16.1. The van der Waals surface area contributed by atoms with Crippen molar-refractivity contribution in [2.75, 3.05) is 11.9 Å². The predicted molar refractivity (Wildman–Crippen MR) is 54.7 cm³/mol. The van der Waals surface area contributed by atoms with Crippen molar-refractivity contribution in [3.8, 4) is 0 Å². The van der Waals surface area contributed by atoms with Crippen LogP contribution < -0.4 is 5.32 Å². The summed E-state index contributed by atoms with van der Waals surface area (Å²) in [5.74, 6) is 1.01. The van der Waals surface area contributed by atoms with Gasteiger partial charge >= 0.3 is 0 Å². The molecule has 0 unspecified atom stereocenters. The molecular weight excluding hydrogens is 178 g/mol. The van der Waals surface area contributed by atoms with Crippen molar-refractivity contribution in [3.63, 3.8) is 0 Å². The van der Waals surface area contributed by atoms with Crippen LogP contribution in [0.2, 0.25) is 0 Å². The van der Waals surface area contributed by atoms with Crippen molar-refractivity contribution in [2.45, 2.75) is 32.7 Å². The van der Waals surface area contributed by atoms with Crippen LogP contribution in [0.25, 0.3) is 0 Å². The third-order valence-corrected chi connectivity index (χ3v) is 2.40. The Kier molecular flexibility index (Phi) is 1.87. The minimum absolute atomic E-state index is 0.0365. The number of hydrogen-bond acceptors (Lipinski definition) is 3. The lowest BCUT2D eigenvalue weighted by atomic mass is 10.1. The number of anilines is 1. The van der Waals surface area contributed by atoms with Gasteiger partial charge in [0.25, 0.3) is 0 Å². The number of nitrogens with zero attached hydrogens (tertiary/aromatic N) is 2. The van der Waals surface area contributed by atoms with Crippen LogP contribution in [0.4, 0.5) is 5.82 Å². The molecule has 0 aromatic carbocycles. The maximum absolute atomic E-state index is 11.5.